The zero-order valence-electron chi connectivity index (χ0n) is 7.42. The highest BCUT2D eigenvalue weighted by Gasteiger charge is 2.02. The van der Waals surface area contributed by atoms with E-state index in [0.717, 1.165) is 6.29 Å². The van der Waals surface area contributed by atoms with Gasteiger partial charge in [-0.1, -0.05) is 0 Å². The van der Waals surface area contributed by atoms with Crippen LogP contribution in [0.2, 0.25) is 0 Å². The van der Waals surface area contributed by atoms with Crippen molar-refractivity contribution >= 4 is 11.9 Å². The summed E-state index contributed by atoms with van der Waals surface area (Å²) < 4.78 is 1.54. The number of aliphatic hydroxyl groups excluding tert-OH is 1. The van der Waals surface area contributed by atoms with Gasteiger partial charge in [-0.2, -0.15) is 5.10 Å². The third kappa shape index (κ3) is 1.49. The van der Waals surface area contributed by atoms with E-state index in [-0.39, 0.29) is 6.61 Å². The summed E-state index contributed by atoms with van der Waals surface area (Å²) >= 11 is 0. The van der Waals surface area contributed by atoms with Crippen LogP contribution in [0.25, 0.3) is 5.65 Å². The number of rotatable bonds is 3. The third-order valence-electron chi connectivity index (χ3n) is 1.87. The molecule has 2 aromatic heterocycles. The van der Waals surface area contributed by atoms with Gasteiger partial charge in [0.1, 0.15) is 0 Å². The summed E-state index contributed by atoms with van der Waals surface area (Å²) in [6, 6.07) is 3.40. The van der Waals surface area contributed by atoms with Crippen molar-refractivity contribution in [3.8, 4) is 0 Å². The van der Waals surface area contributed by atoms with Crippen molar-refractivity contribution in [1.29, 1.82) is 0 Å². The van der Waals surface area contributed by atoms with Crippen LogP contribution in [0.1, 0.15) is 16.2 Å². The third-order valence-corrected chi connectivity index (χ3v) is 1.87. The summed E-state index contributed by atoms with van der Waals surface area (Å²) in [6.07, 6.45) is 2.79. The van der Waals surface area contributed by atoms with Crippen molar-refractivity contribution in [3.63, 3.8) is 0 Å². The van der Waals surface area contributed by atoms with Gasteiger partial charge in [0.15, 0.2) is 17.8 Å². The quantitative estimate of drug-likeness (QED) is 0.697. The monoisotopic (exact) mass is 191 g/mol. The standard InChI is InChI=1S/C9H9N3O2/c13-4-3-8-10-9-2-1-7(6-14)5-12(9)11-8/h1-2,5-6,13H,3-4H2. The molecule has 1 N–H and O–H groups in total. The minimum Gasteiger partial charge on any atom is -0.396 e. The SMILES string of the molecule is O=Cc1ccc2nc(CCO)nn2c1. The zero-order valence-corrected chi connectivity index (χ0v) is 7.42. The Morgan fingerprint density at radius 1 is 1.50 bits per heavy atom. The lowest BCUT2D eigenvalue weighted by atomic mass is 10.3. The molecule has 5 nitrogen and oxygen atoms in total. The number of pyridine rings is 1. The van der Waals surface area contributed by atoms with Crippen LogP contribution in [-0.4, -0.2) is 32.6 Å². The van der Waals surface area contributed by atoms with Crippen LogP contribution >= 0.6 is 0 Å². The van der Waals surface area contributed by atoms with Crippen LogP contribution in [0.3, 0.4) is 0 Å². The van der Waals surface area contributed by atoms with E-state index in [2.05, 4.69) is 10.1 Å². The van der Waals surface area contributed by atoms with Crippen molar-refractivity contribution in [2.75, 3.05) is 6.61 Å². The first-order chi connectivity index (χ1) is 6.83. The van der Waals surface area contributed by atoms with Gasteiger partial charge in [0.25, 0.3) is 0 Å². The van der Waals surface area contributed by atoms with E-state index in [1.54, 1.807) is 18.3 Å². The summed E-state index contributed by atoms with van der Waals surface area (Å²) in [6.45, 7) is 0.0252. The van der Waals surface area contributed by atoms with Gasteiger partial charge in [-0.3, -0.25) is 4.79 Å². The fourth-order valence-corrected chi connectivity index (χ4v) is 1.22. The lowest BCUT2D eigenvalue weighted by molar-refractivity contribution is 0.112. The average molecular weight is 191 g/mol. The molecule has 0 atom stereocenters. The van der Waals surface area contributed by atoms with Crippen molar-refractivity contribution < 1.29 is 9.90 Å². The lowest BCUT2D eigenvalue weighted by Gasteiger charge is -1.90. The van der Waals surface area contributed by atoms with E-state index in [4.69, 9.17) is 5.11 Å². The summed E-state index contributed by atoms with van der Waals surface area (Å²) in [7, 11) is 0. The number of aromatic nitrogens is 3. The molecular formula is C9H9N3O2. The van der Waals surface area contributed by atoms with E-state index in [0.29, 0.717) is 23.5 Å². The fourth-order valence-electron chi connectivity index (χ4n) is 1.22. The summed E-state index contributed by atoms with van der Waals surface area (Å²) in [5.41, 5.74) is 1.23. The number of carbonyl (C=O) groups excluding carboxylic acids is 1. The molecule has 2 rings (SSSR count). The summed E-state index contributed by atoms with van der Waals surface area (Å²) in [5, 5.41) is 12.8. The molecule has 5 heteroatoms. The van der Waals surface area contributed by atoms with E-state index >= 15 is 0 Å². The predicted molar refractivity (Wildman–Crippen MR) is 49.2 cm³/mol. The number of aliphatic hydroxyl groups is 1. The topological polar surface area (TPSA) is 67.5 Å². The molecule has 0 bridgehead atoms. The molecule has 0 aliphatic heterocycles. The van der Waals surface area contributed by atoms with Gasteiger partial charge < -0.3 is 5.11 Å². The number of hydrogen-bond acceptors (Lipinski definition) is 4. The van der Waals surface area contributed by atoms with Crippen LogP contribution in [0.5, 0.6) is 0 Å². The Labute approximate surface area is 80.0 Å². The van der Waals surface area contributed by atoms with Gasteiger partial charge >= 0.3 is 0 Å². The van der Waals surface area contributed by atoms with Gasteiger partial charge in [-0.05, 0) is 12.1 Å². The number of carbonyl (C=O) groups is 1. The van der Waals surface area contributed by atoms with Crippen molar-refractivity contribution in [2.24, 2.45) is 0 Å². The van der Waals surface area contributed by atoms with Crippen LogP contribution in [-0.2, 0) is 6.42 Å². The minimum absolute atomic E-state index is 0.0252. The van der Waals surface area contributed by atoms with E-state index in [9.17, 15) is 4.79 Å². The lowest BCUT2D eigenvalue weighted by Crippen LogP contribution is -1.94. The molecule has 0 saturated carbocycles. The number of fused-ring (bicyclic) bond motifs is 1. The first-order valence-corrected chi connectivity index (χ1v) is 4.25. The average Bonchev–Trinajstić information content (AvgIpc) is 2.59. The molecule has 0 aliphatic rings. The molecule has 0 fully saturated rings. The van der Waals surface area contributed by atoms with Crippen LogP contribution in [0, 0.1) is 0 Å². The molecular weight excluding hydrogens is 182 g/mol. The van der Waals surface area contributed by atoms with E-state index in [1.165, 1.54) is 4.52 Å². The summed E-state index contributed by atoms with van der Waals surface area (Å²) in [4.78, 5) is 14.6. The Hall–Kier alpha value is -1.75. The maximum absolute atomic E-state index is 10.5. The largest absolute Gasteiger partial charge is 0.396 e. The number of hydrogen-bond donors (Lipinski definition) is 1. The normalized spacial score (nSPS) is 10.6. The molecule has 2 heterocycles. The molecule has 0 radical (unpaired) electrons. The molecule has 0 amide bonds. The first kappa shape index (κ1) is 8.83. The zero-order chi connectivity index (χ0) is 9.97. The van der Waals surface area contributed by atoms with Crippen molar-refractivity contribution in [2.45, 2.75) is 6.42 Å². The summed E-state index contributed by atoms with van der Waals surface area (Å²) in [5.74, 6) is 0.579. The van der Waals surface area contributed by atoms with E-state index in [1.807, 2.05) is 0 Å². The molecule has 0 unspecified atom stereocenters. The molecule has 14 heavy (non-hydrogen) atoms. The van der Waals surface area contributed by atoms with Crippen LogP contribution < -0.4 is 0 Å². The Kier molecular flexibility index (Phi) is 2.24. The Morgan fingerprint density at radius 3 is 3.07 bits per heavy atom. The van der Waals surface area contributed by atoms with Gasteiger partial charge in [-0.25, -0.2) is 9.50 Å². The Morgan fingerprint density at radius 2 is 2.36 bits per heavy atom. The smallest absolute Gasteiger partial charge is 0.155 e. The maximum atomic E-state index is 10.5. The maximum Gasteiger partial charge on any atom is 0.155 e. The highest BCUT2D eigenvalue weighted by atomic mass is 16.3. The second-order valence-corrected chi connectivity index (χ2v) is 2.88. The van der Waals surface area contributed by atoms with Crippen LogP contribution in [0.4, 0.5) is 0 Å². The molecule has 72 valence electrons. The van der Waals surface area contributed by atoms with Gasteiger partial charge in [0.2, 0.25) is 0 Å². The number of aldehydes is 1. The molecule has 0 aromatic carbocycles. The first-order valence-electron chi connectivity index (χ1n) is 4.25. The second kappa shape index (κ2) is 3.55. The number of nitrogens with zero attached hydrogens (tertiary/aromatic N) is 3. The van der Waals surface area contributed by atoms with Gasteiger partial charge in [0.05, 0.1) is 6.61 Å². The van der Waals surface area contributed by atoms with Crippen molar-refractivity contribution in [1.82, 2.24) is 14.6 Å². The molecule has 0 saturated heterocycles. The van der Waals surface area contributed by atoms with E-state index < -0.39 is 0 Å². The minimum atomic E-state index is 0.0252. The fraction of sp³-hybridized carbons (Fsp3) is 0.222. The molecule has 0 aliphatic carbocycles. The highest BCUT2D eigenvalue weighted by molar-refractivity contribution is 5.74. The second-order valence-electron chi connectivity index (χ2n) is 2.88. The van der Waals surface area contributed by atoms with Crippen LogP contribution in [0.15, 0.2) is 18.3 Å². The molecule has 0 spiro atoms. The Balaban J connectivity index is 2.48. The van der Waals surface area contributed by atoms with Crippen molar-refractivity contribution in [3.05, 3.63) is 29.7 Å². The predicted octanol–water partition coefficient (Wildman–Crippen LogP) is 0.0766. The molecule has 2 aromatic rings. The van der Waals surface area contributed by atoms with Gasteiger partial charge in [0, 0.05) is 18.2 Å². The highest BCUT2D eigenvalue weighted by Crippen LogP contribution is 2.03. The Bertz CT molecular complexity index is 464. The van der Waals surface area contributed by atoms with Gasteiger partial charge in [-0.15, -0.1) is 0 Å².